The molecule has 0 saturated carbocycles. The van der Waals surface area contributed by atoms with Crippen molar-refractivity contribution in [1.82, 2.24) is 0 Å². The van der Waals surface area contributed by atoms with E-state index in [0.29, 0.717) is 12.2 Å². The van der Waals surface area contributed by atoms with Gasteiger partial charge in [-0.25, -0.2) is 4.79 Å². The minimum Gasteiger partial charge on any atom is -0.496 e. The number of esters is 1. The van der Waals surface area contributed by atoms with Crippen LogP contribution in [0.2, 0.25) is 0 Å². The molecule has 0 N–H and O–H groups in total. The highest BCUT2D eigenvalue weighted by molar-refractivity contribution is 5.95. The molecule has 1 aliphatic carbocycles. The Bertz CT molecular complexity index is 488. The van der Waals surface area contributed by atoms with Crippen LogP contribution in [0.1, 0.15) is 6.92 Å². The van der Waals surface area contributed by atoms with Crippen molar-refractivity contribution >= 4 is 5.97 Å². The highest BCUT2D eigenvalue weighted by Gasteiger charge is 2.25. The summed E-state index contributed by atoms with van der Waals surface area (Å²) < 4.78 is 10.0. The summed E-state index contributed by atoms with van der Waals surface area (Å²) in [7, 11) is 1.37. The Labute approximate surface area is 100 Å². The van der Waals surface area contributed by atoms with Gasteiger partial charge in [0.1, 0.15) is 12.2 Å². The third-order valence-electron chi connectivity index (χ3n) is 2.70. The lowest BCUT2D eigenvalue weighted by molar-refractivity contribution is -0.136. The Kier molecular flexibility index (Phi) is 3.28. The lowest BCUT2D eigenvalue weighted by Crippen LogP contribution is -2.13. The number of hydrogen-bond donors (Lipinski definition) is 0. The van der Waals surface area contributed by atoms with Gasteiger partial charge in [0.15, 0.2) is 0 Å². The topological polar surface area (TPSA) is 35.5 Å². The maximum absolute atomic E-state index is 11.6. The van der Waals surface area contributed by atoms with E-state index >= 15 is 0 Å². The lowest BCUT2D eigenvalue weighted by Gasteiger charge is -2.15. The van der Waals surface area contributed by atoms with Gasteiger partial charge in [0.2, 0.25) is 0 Å². The van der Waals surface area contributed by atoms with Crippen LogP contribution in [0.4, 0.5) is 0 Å². The van der Waals surface area contributed by atoms with Crippen molar-refractivity contribution in [3.05, 3.63) is 58.9 Å². The molecule has 0 aromatic rings. The molecule has 0 bridgehead atoms. The summed E-state index contributed by atoms with van der Waals surface area (Å²) in [5, 5.41) is 0. The molecule has 0 aromatic heterocycles. The van der Waals surface area contributed by atoms with Crippen LogP contribution in [0, 0.1) is 0 Å². The second-order valence-electron chi connectivity index (χ2n) is 3.71. The molecule has 0 fully saturated rings. The number of rotatable bonds is 2. The van der Waals surface area contributed by atoms with Crippen molar-refractivity contribution < 1.29 is 14.3 Å². The van der Waals surface area contributed by atoms with Gasteiger partial charge < -0.3 is 9.47 Å². The van der Waals surface area contributed by atoms with E-state index in [-0.39, 0.29) is 5.97 Å². The van der Waals surface area contributed by atoms with Crippen molar-refractivity contribution in [2.75, 3.05) is 13.7 Å². The monoisotopic (exact) mass is 230 g/mol. The molecule has 0 atom stereocenters. The second kappa shape index (κ2) is 4.87. The summed E-state index contributed by atoms with van der Waals surface area (Å²) in [6.07, 6.45) is 11.3. The third-order valence-corrected chi connectivity index (χ3v) is 2.70. The number of methoxy groups -OCH3 is 1. The number of hydrogen-bond acceptors (Lipinski definition) is 3. The van der Waals surface area contributed by atoms with E-state index < -0.39 is 0 Å². The Morgan fingerprint density at radius 1 is 1.47 bits per heavy atom. The molecule has 0 spiro atoms. The molecule has 0 radical (unpaired) electrons. The Morgan fingerprint density at radius 3 is 3.00 bits per heavy atom. The van der Waals surface area contributed by atoms with Gasteiger partial charge in [0.05, 0.1) is 13.4 Å². The highest BCUT2D eigenvalue weighted by Crippen LogP contribution is 2.33. The lowest BCUT2D eigenvalue weighted by atomic mass is 10.00. The van der Waals surface area contributed by atoms with E-state index in [4.69, 9.17) is 9.47 Å². The SMILES string of the molecule is CC=CC=C1C=CC2=C1COC=C2C(=O)OC. The molecule has 3 nitrogen and oxygen atoms in total. The largest absolute Gasteiger partial charge is 0.496 e. The normalized spacial score (nSPS) is 20.6. The number of carbonyl (C=O) groups excluding carboxylic acids is 1. The average molecular weight is 230 g/mol. The van der Waals surface area contributed by atoms with Crippen LogP contribution in [-0.4, -0.2) is 19.7 Å². The first kappa shape index (κ1) is 11.5. The number of allylic oxidation sites excluding steroid dienone is 5. The van der Waals surface area contributed by atoms with E-state index in [0.717, 1.165) is 16.7 Å². The van der Waals surface area contributed by atoms with Gasteiger partial charge in [-0.2, -0.15) is 0 Å². The van der Waals surface area contributed by atoms with E-state index in [2.05, 4.69) is 0 Å². The molecular formula is C14H14O3. The predicted molar refractivity (Wildman–Crippen MR) is 65.1 cm³/mol. The van der Waals surface area contributed by atoms with Crippen molar-refractivity contribution in [2.45, 2.75) is 6.92 Å². The zero-order valence-corrected chi connectivity index (χ0v) is 9.90. The van der Waals surface area contributed by atoms with Gasteiger partial charge in [-0.15, -0.1) is 0 Å². The van der Waals surface area contributed by atoms with Gasteiger partial charge in [-0.05, 0) is 18.1 Å². The minimum absolute atomic E-state index is 0.367. The molecule has 0 unspecified atom stereocenters. The van der Waals surface area contributed by atoms with Crippen LogP contribution in [0.5, 0.6) is 0 Å². The van der Waals surface area contributed by atoms with Crippen molar-refractivity contribution in [2.24, 2.45) is 0 Å². The first-order chi connectivity index (χ1) is 8.27. The van der Waals surface area contributed by atoms with Crippen LogP contribution >= 0.6 is 0 Å². The quantitative estimate of drug-likeness (QED) is 0.683. The summed E-state index contributed by atoms with van der Waals surface area (Å²) in [4.78, 5) is 11.6. The summed E-state index contributed by atoms with van der Waals surface area (Å²) in [5.74, 6) is -0.367. The molecule has 2 rings (SSSR count). The standard InChI is InChI=1S/C14H14O3/c1-3-4-5-10-6-7-11-12(10)8-17-9-13(11)14(15)16-2/h3-7,9H,8H2,1-2H3. The van der Waals surface area contributed by atoms with Gasteiger partial charge in [0.25, 0.3) is 0 Å². The van der Waals surface area contributed by atoms with Crippen LogP contribution in [0.25, 0.3) is 0 Å². The van der Waals surface area contributed by atoms with Crippen LogP contribution in [-0.2, 0) is 14.3 Å². The van der Waals surface area contributed by atoms with Crippen LogP contribution < -0.4 is 0 Å². The molecular weight excluding hydrogens is 216 g/mol. The Morgan fingerprint density at radius 2 is 2.29 bits per heavy atom. The highest BCUT2D eigenvalue weighted by atomic mass is 16.5. The molecule has 1 aliphatic heterocycles. The third kappa shape index (κ3) is 2.09. The molecule has 3 heteroatoms. The van der Waals surface area contributed by atoms with Crippen molar-refractivity contribution in [3.63, 3.8) is 0 Å². The molecule has 88 valence electrons. The fourth-order valence-electron chi connectivity index (χ4n) is 1.84. The second-order valence-corrected chi connectivity index (χ2v) is 3.71. The van der Waals surface area contributed by atoms with E-state index in [1.165, 1.54) is 13.4 Å². The summed E-state index contributed by atoms with van der Waals surface area (Å²) in [6, 6.07) is 0. The average Bonchev–Trinajstić information content (AvgIpc) is 2.78. The van der Waals surface area contributed by atoms with Gasteiger partial charge in [-0.3, -0.25) is 0 Å². The van der Waals surface area contributed by atoms with Gasteiger partial charge >= 0.3 is 5.97 Å². The smallest absolute Gasteiger partial charge is 0.341 e. The number of ether oxygens (including phenoxy) is 2. The zero-order chi connectivity index (χ0) is 12.3. The first-order valence-corrected chi connectivity index (χ1v) is 5.43. The van der Waals surface area contributed by atoms with Crippen LogP contribution in [0.15, 0.2) is 58.9 Å². The molecule has 2 aliphatic rings. The zero-order valence-electron chi connectivity index (χ0n) is 9.90. The fraction of sp³-hybridized carbons (Fsp3) is 0.214. The fourth-order valence-corrected chi connectivity index (χ4v) is 1.84. The maximum atomic E-state index is 11.6. The first-order valence-electron chi connectivity index (χ1n) is 5.43. The van der Waals surface area contributed by atoms with Gasteiger partial charge in [-0.1, -0.05) is 30.4 Å². The molecule has 17 heavy (non-hydrogen) atoms. The van der Waals surface area contributed by atoms with Gasteiger partial charge in [0, 0.05) is 5.57 Å². The van der Waals surface area contributed by atoms with E-state index in [9.17, 15) is 4.79 Å². The summed E-state index contributed by atoms with van der Waals surface area (Å²) >= 11 is 0. The maximum Gasteiger partial charge on any atom is 0.341 e. The van der Waals surface area contributed by atoms with Crippen LogP contribution in [0.3, 0.4) is 0 Å². The summed E-state index contributed by atoms with van der Waals surface area (Å²) in [5.41, 5.74) is 3.49. The van der Waals surface area contributed by atoms with E-state index in [1.54, 1.807) is 0 Å². The van der Waals surface area contributed by atoms with Crippen molar-refractivity contribution in [1.29, 1.82) is 0 Å². The predicted octanol–water partition coefficient (Wildman–Crippen LogP) is 2.44. The molecule has 0 saturated heterocycles. The summed E-state index contributed by atoms with van der Waals surface area (Å²) in [6.45, 7) is 2.45. The van der Waals surface area contributed by atoms with Crippen molar-refractivity contribution in [3.8, 4) is 0 Å². The molecule has 0 amide bonds. The molecule has 0 aromatic carbocycles. The Balaban J connectivity index is 2.36. The van der Waals surface area contributed by atoms with E-state index in [1.807, 2.05) is 37.3 Å². The number of carbonyl (C=O) groups is 1. The Hall–Kier alpha value is -2.03. The minimum atomic E-state index is -0.367. The molecule has 1 heterocycles.